The fourth-order valence-electron chi connectivity index (χ4n) is 2.36. The average Bonchev–Trinajstić information content (AvgIpc) is 2.63. The summed E-state index contributed by atoms with van der Waals surface area (Å²) >= 11 is 6.10. The summed E-state index contributed by atoms with van der Waals surface area (Å²) in [5, 5.41) is 16.1. The summed E-state index contributed by atoms with van der Waals surface area (Å²) in [4.78, 5) is 4.51. The molecule has 0 bridgehead atoms. The largest absolute Gasteiger partial charge is 2.00 e. The number of hydrogen-bond donors (Lipinski definition) is 1. The summed E-state index contributed by atoms with van der Waals surface area (Å²) < 4.78 is 0.951. The Hall–Kier alpha value is -1.69. The summed E-state index contributed by atoms with van der Waals surface area (Å²) in [7, 11) is 1.76. The molecule has 1 aliphatic rings. The second-order valence-corrected chi connectivity index (χ2v) is 5.16. The molecule has 2 aromatic rings. The van der Waals surface area contributed by atoms with E-state index in [0.717, 1.165) is 21.6 Å². The highest BCUT2D eigenvalue weighted by molar-refractivity contribution is 7.37. The van der Waals surface area contributed by atoms with E-state index in [2.05, 4.69) is 10.3 Å². The molecule has 0 aromatic heterocycles. The van der Waals surface area contributed by atoms with Crippen LogP contribution in [0.1, 0.15) is 11.1 Å². The number of nitrogens with one attached hydrogen (secondary N) is 1. The van der Waals surface area contributed by atoms with E-state index in [0.29, 0.717) is 16.6 Å². The number of amidine groups is 1. The minimum Gasteiger partial charge on any atom is -2.00 e. The predicted octanol–water partition coefficient (Wildman–Crippen LogP) is 3.37. The fraction of sp³-hybridized carbons (Fsp3) is 0.125. The van der Waals surface area contributed by atoms with Crippen LogP contribution >= 0.6 is 24.0 Å². The SMILES string of the molecule is CNC1=Nc2ccc(Cl)cc2C(c2ccccc2)=[N+]([O-])C1.Cl.[S-2]. The first kappa shape index (κ1) is 19.4. The van der Waals surface area contributed by atoms with Crippen molar-refractivity contribution < 1.29 is 4.74 Å². The van der Waals surface area contributed by atoms with Gasteiger partial charge in [-0.2, -0.15) is 4.74 Å². The van der Waals surface area contributed by atoms with Crippen molar-refractivity contribution in [2.75, 3.05) is 13.6 Å². The summed E-state index contributed by atoms with van der Waals surface area (Å²) in [6.45, 7) is 0.174. The highest BCUT2D eigenvalue weighted by atomic mass is 35.5. The molecule has 0 atom stereocenters. The molecule has 1 N–H and O–H groups in total. The molecule has 0 unspecified atom stereocenters. The molecule has 0 radical (unpaired) electrons. The smallest absolute Gasteiger partial charge is 0.228 e. The number of halogens is 2. The topological polar surface area (TPSA) is 50.5 Å². The molecule has 3 rings (SSSR count). The lowest BCUT2D eigenvalue weighted by Gasteiger charge is -2.10. The van der Waals surface area contributed by atoms with Gasteiger partial charge < -0.3 is 24.0 Å². The van der Waals surface area contributed by atoms with Crippen LogP contribution in [-0.4, -0.2) is 29.9 Å². The van der Waals surface area contributed by atoms with Crippen LogP contribution in [0.5, 0.6) is 0 Å². The van der Waals surface area contributed by atoms with Gasteiger partial charge in [0.1, 0.15) is 0 Å². The van der Waals surface area contributed by atoms with Gasteiger partial charge in [0.15, 0.2) is 5.84 Å². The molecule has 1 aliphatic heterocycles. The Morgan fingerprint density at radius 1 is 1.17 bits per heavy atom. The molecule has 0 saturated heterocycles. The van der Waals surface area contributed by atoms with E-state index >= 15 is 0 Å². The normalized spacial score (nSPS) is 13.0. The Balaban J connectivity index is 0.00000132. The average molecular weight is 368 g/mol. The summed E-state index contributed by atoms with van der Waals surface area (Å²) in [6.07, 6.45) is 0. The molecule has 0 aliphatic carbocycles. The number of fused-ring (bicyclic) bond motifs is 1. The molecule has 0 spiro atoms. The fourth-order valence-corrected chi connectivity index (χ4v) is 2.53. The highest BCUT2D eigenvalue weighted by Crippen LogP contribution is 2.27. The van der Waals surface area contributed by atoms with Crippen molar-refractivity contribution in [3.63, 3.8) is 0 Å². The van der Waals surface area contributed by atoms with Crippen molar-refractivity contribution in [2.24, 2.45) is 4.99 Å². The number of aliphatic imine (C=N–C) groups is 1. The van der Waals surface area contributed by atoms with Gasteiger partial charge in [0.2, 0.25) is 12.3 Å². The van der Waals surface area contributed by atoms with E-state index in [9.17, 15) is 5.21 Å². The van der Waals surface area contributed by atoms with Gasteiger partial charge in [-0.15, -0.1) is 12.4 Å². The maximum atomic E-state index is 12.6. The second-order valence-electron chi connectivity index (χ2n) is 4.72. The predicted molar refractivity (Wildman–Crippen MR) is 100 cm³/mol. The van der Waals surface area contributed by atoms with Gasteiger partial charge in [0.05, 0.1) is 11.3 Å². The first-order valence-corrected chi connectivity index (χ1v) is 6.99. The zero-order chi connectivity index (χ0) is 14.8. The van der Waals surface area contributed by atoms with Gasteiger partial charge in [-0.1, -0.05) is 29.8 Å². The van der Waals surface area contributed by atoms with Gasteiger partial charge in [0.25, 0.3) is 0 Å². The van der Waals surface area contributed by atoms with Crippen LogP contribution in [0.4, 0.5) is 5.69 Å². The lowest BCUT2D eigenvalue weighted by atomic mass is 10.0. The van der Waals surface area contributed by atoms with E-state index in [-0.39, 0.29) is 32.4 Å². The first-order chi connectivity index (χ1) is 10.2. The van der Waals surface area contributed by atoms with E-state index in [1.165, 1.54) is 0 Å². The Morgan fingerprint density at radius 3 is 2.52 bits per heavy atom. The molecule has 0 fully saturated rings. The van der Waals surface area contributed by atoms with E-state index in [1.54, 1.807) is 19.2 Å². The number of nitrogens with zero attached hydrogens (tertiary/aromatic N) is 2. The van der Waals surface area contributed by atoms with Gasteiger partial charge in [-0.05, 0) is 30.3 Å². The summed E-state index contributed by atoms with van der Waals surface area (Å²) in [5.41, 5.74) is 2.92. The van der Waals surface area contributed by atoms with Gasteiger partial charge in [0, 0.05) is 17.6 Å². The Labute approximate surface area is 153 Å². The van der Waals surface area contributed by atoms with Crippen LogP contribution in [0.15, 0.2) is 53.5 Å². The third-order valence-electron chi connectivity index (χ3n) is 3.35. The zero-order valence-electron chi connectivity index (χ0n) is 12.3. The monoisotopic (exact) mass is 367 g/mol. The summed E-state index contributed by atoms with van der Waals surface area (Å²) in [5.74, 6) is 0.625. The van der Waals surface area contributed by atoms with Crippen molar-refractivity contribution >= 4 is 54.7 Å². The third-order valence-corrected chi connectivity index (χ3v) is 3.58. The van der Waals surface area contributed by atoms with Crippen molar-refractivity contribution in [3.8, 4) is 0 Å². The summed E-state index contributed by atoms with van der Waals surface area (Å²) in [6, 6.07) is 15.0. The minimum atomic E-state index is 0. The molecule has 1 heterocycles. The molecule has 2 aromatic carbocycles. The number of hydrogen-bond acceptors (Lipinski definition) is 3. The molecular formula is C16H15Cl2N3OS-2. The molecule has 4 nitrogen and oxygen atoms in total. The molecular weight excluding hydrogens is 353 g/mol. The van der Waals surface area contributed by atoms with Crippen LogP contribution in [0, 0.1) is 5.21 Å². The van der Waals surface area contributed by atoms with Crippen LogP contribution in [-0.2, 0) is 13.5 Å². The standard InChI is InChI=1S/C16H14ClN3O.ClH.S/c1-18-15-10-20(21)16(11-5-3-2-4-6-11)13-9-12(17)7-8-14(13)19-15;;/h2-9H,10H2,1H3,(H,18,19);1H;/q;;-2. The van der Waals surface area contributed by atoms with Crippen LogP contribution < -0.4 is 5.32 Å². The molecule has 0 saturated carbocycles. The maximum absolute atomic E-state index is 12.6. The molecule has 122 valence electrons. The van der Waals surface area contributed by atoms with Crippen LogP contribution in [0.2, 0.25) is 5.02 Å². The van der Waals surface area contributed by atoms with Gasteiger partial charge in [-0.3, -0.25) is 0 Å². The number of likely N-dealkylation sites (N-methyl/N-ethyl adjacent to an activating group) is 1. The number of benzene rings is 2. The first-order valence-electron chi connectivity index (χ1n) is 6.61. The van der Waals surface area contributed by atoms with Crippen molar-refractivity contribution in [2.45, 2.75) is 0 Å². The Morgan fingerprint density at radius 2 is 1.87 bits per heavy atom. The second kappa shape index (κ2) is 8.24. The van der Waals surface area contributed by atoms with Gasteiger partial charge in [-0.25, -0.2) is 4.99 Å². The highest BCUT2D eigenvalue weighted by Gasteiger charge is 2.24. The zero-order valence-corrected chi connectivity index (χ0v) is 14.7. The quantitative estimate of drug-likeness (QED) is 0.620. The lowest BCUT2D eigenvalue weighted by molar-refractivity contribution is -0.439. The third kappa shape index (κ3) is 3.99. The van der Waals surface area contributed by atoms with Crippen molar-refractivity contribution in [1.82, 2.24) is 5.32 Å². The van der Waals surface area contributed by atoms with Crippen LogP contribution in [0.3, 0.4) is 0 Å². The van der Waals surface area contributed by atoms with Gasteiger partial charge >= 0.3 is 0 Å². The number of rotatable bonds is 1. The van der Waals surface area contributed by atoms with Crippen LogP contribution in [0.25, 0.3) is 0 Å². The van der Waals surface area contributed by atoms with E-state index in [4.69, 9.17) is 11.6 Å². The van der Waals surface area contributed by atoms with E-state index < -0.39 is 0 Å². The molecule has 7 heteroatoms. The number of hydroxylamine groups is 1. The molecule has 0 amide bonds. The minimum absolute atomic E-state index is 0. The van der Waals surface area contributed by atoms with E-state index in [1.807, 2.05) is 36.4 Å². The Bertz CT molecular complexity index is 748. The van der Waals surface area contributed by atoms with Crippen molar-refractivity contribution in [3.05, 3.63) is 69.9 Å². The maximum Gasteiger partial charge on any atom is 0.228 e. The molecule has 23 heavy (non-hydrogen) atoms. The van der Waals surface area contributed by atoms with Crippen molar-refractivity contribution in [1.29, 1.82) is 0 Å². The lowest BCUT2D eigenvalue weighted by Crippen LogP contribution is -2.29. The Kier molecular flexibility index (Phi) is 6.94.